The zero-order chi connectivity index (χ0) is 23.6. The van der Waals surface area contributed by atoms with Crippen molar-refractivity contribution in [2.75, 3.05) is 11.0 Å². The minimum absolute atomic E-state index is 0.110. The smallest absolute Gasteiger partial charge is 0.192 e. The highest BCUT2D eigenvalue weighted by molar-refractivity contribution is 14.1. The lowest BCUT2D eigenvalue weighted by Crippen LogP contribution is -2.46. The van der Waals surface area contributed by atoms with Crippen LogP contribution in [0.3, 0.4) is 0 Å². The minimum atomic E-state index is -1.96. The topological polar surface area (TPSA) is 47.9 Å². The van der Waals surface area contributed by atoms with Crippen LogP contribution < -0.4 is 0 Å². The molecule has 4 nitrogen and oxygen atoms in total. The van der Waals surface area contributed by atoms with Crippen molar-refractivity contribution < 1.29 is 19.0 Å². The highest BCUT2D eigenvalue weighted by Crippen LogP contribution is 2.37. The van der Waals surface area contributed by atoms with Gasteiger partial charge in [0.05, 0.1) is 32.0 Å². The minimum Gasteiger partial charge on any atom is -0.414 e. The molecule has 0 spiro atoms. The van der Waals surface area contributed by atoms with Gasteiger partial charge >= 0.3 is 0 Å². The number of benzene rings is 2. The number of ether oxygens (including phenoxy) is 2. The van der Waals surface area contributed by atoms with Gasteiger partial charge in [-0.2, -0.15) is 0 Å². The van der Waals surface area contributed by atoms with Crippen LogP contribution in [-0.4, -0.2) is 42.8 Å². The van der Waals surface area contributed by atoms with Gasteiger partial charge in [0.25, 0.3) is 0 Å². The van der Waals surface area contributed by atoms with E-state index >= 15 is 0 Å². The lowest BCUT2D eigenvalue weighted by Gasteiger charge is -2.38. The van der Waals surface area contributed by atoms with E-state index in [0.29, 0.717) is 30.7 Å². The van der Waals surface area contributed by atoms with Crippen LogP contribution in [-0.2, 0) is 27.1 Å². The molecule has 0 bridgehead atoms. The van der Waals surface area contributed by atoms with E-state index in [-0.39, 0.29) is 17.2 Å². The van der Waals surface area contributed by atoms with Crippen LogP contribution in [0, 0.1) is 0 Å². The second-order valence-corrected chi connectivity index (χ2v) is 15.5. The molecule has 0 saturated heterocycles. The molecule has 0 amide bonds. The first-order chi connectivity index (χ1) is 15.1. The molecule has 0 aliphatic heterocycles. The van der Waals surface area contributed by atoms with Crippen molar-refractivity contribution in [2.24, 2.45) is 0 Å². The van der Waals surface area contributed by atoms with Gasteiger partial charge in [-0.25, -0.2) is 0 Å². The van der Waals surface area contributed by atoms with E-state index in [1.807, 2.05) is 36.4 Å². The van der Waals surface area contributed by atoms with E-state index in [9.17, 15) is 5.11 Å². The largest absolute Gasteiger partial charge is 0.414 e. The first-order valence-electron chi connectivity index (χ1n) is 11.3. The molecule has 178 valence electrons. The summed E-state index contributed by atoms with van der Waals surface area (Å²) in [4.78, 5) is 0. The van der Waals surface area contributed by atoms with Crippen molar-refractivity contribution in [1.29, 1.82) is 0 Å². The Morgan fingerprint density at radius 3 is 1.75 bits per heavy atom. The molecular weight excluding hydrogens is 531 g/mol. The number of hydrogen-bond donors (Lipinski definition) is 1. The summed E-state index contributed by atoms with van der Waals surface area (Å²) in [6.07, 6.45) is -0.484. The summed E-state index contributed by atoms with van der Waals surface area (Å²) in [7, 11) is -1.96. The van der Waals surface area contributed by atoms with Crippen LogP contribution in [0.1, 0.15) is 38.3 Å². The van der Waals surface area contributed by atoms with E-state index < -0.39 is 14.4 Å². The number of rotatable bonds is 13. The Balaban J connectivity index is 2.18. The highest BCUT2D eigenvalue weighted by Gasteiger charge is 2.38. The lowest BCUT2D eigenvalue weighted by molar-refractivity contribution is -0.113. The van der Waals surface area contributed by atoms with Gasteiger partial charge in [0, 0.05) is 10.8 Å². The summed E-state index contributed by atoms with van der Waals surface area (Å²) in [6.45, 7) is 12.6. The quantitative estimate of drug-likeness (QED) is 0.173. The fourth-order valence-corrected chi connectivity index (χ4v) is 4.36. The molecule has 2 rings (SSSR count). The van der Waals surface area contributed by atoms with Crippen molar-refractivity contribution >= 4 is 30.9 Å². The van der Waals surface area contributed by atoms with E-state index in [4.69, 9.17) is 13.9 Å². The predicted molar refractivity (Wildman–Crippen MR) is 143 cm³/mol. The van der Waals surface area contributed by atoms with E-state index in [2.05, 4.69) is 80.7 Å². The molecule has 2 aromatic carbocycles. The third kappa shape index (κ3) is 9.23. The number of halogens is 1. The fourth-order valence-electron chi connectivity index (χ4n) is 2.98. The van der Waals surface area contributed by atoms with Crippen LogP contribution >= 0.6 is 22.6 Å². The second kappa shape index (κ2) is 13.2. The molecule has 3 atom stereocenters. The summed E-state index contributed by atoms with van der Waals surface area (Å²) >= 11 is 2.21. The first-order valence-corrected chi connectivity index (χ1v) is 15.7. The third-order valence-corrected chi connectivity index (χ3v) is 11.6. The molecule has 0 radical (unpaired) electrons. The van der Waals surface area contributed by atoms with Gasteiger partial charge in [-0.05, 0) is 29.3 Å². The molecule has 0 aliphatic carbocycles. The van der Waals surface area contributed by atoms with Crippen molar-refractivity contribution in [3.05, 3.63) is 71.8 Å². The SMILES string of the molecule is CC(C)(C)[Si](C)(C)OC[C@@H](OCc1ccccc1)[C@H](CC(O)CI)OCc1ccccc1. The molecule has 6 heteroatoms. The van der Waals surface area contributed by atoms with Crippen molar-refractivity contribution in [1.82, 2.24) is 0 Å². The Hall–Kier alpha value is -0.773. The summed E-state index contributed by atoms with van der Waals surface area (Å²) in [5, 5.41) is 10.6. The molecule has 0 heterocycles. The van der Waals surface area contributed by atoms with E-state index in [1.54, 1.807) is 0 Å². The van der Waals surface area contributed by atoms with Crippen molar-refractivity contribution in [3.8, 4) is 0 Å². The molecule has 0 aromatic heterocycles. The third-order valence-electron chi connectivity index (χ3n) is 6.13. The zero-order valence-electron chi connectivity index (χ0n) is 20.1. The summed E-state index contributed by atoms with van der Waals surface area (Å²) in [5.74, 6) is 0. The average molecular weight is 571 g/mol. The summed E-state index contributed by atoms with van der Waals surface area (Å²) < 4.78 is 19.9. The van der Waals surface area contributed by atoms with Crippen LogP contribution in [0.5, 0.6) is 0 Å². The number of alkyl halides is 1. The molecule has 32 heavy (non-hydrogen) atoms. The summed E-state index contributed by atoms with van der Waals surface area (Å²) in [5.41, 5.74) is 2.22. The van der Waals surface area contributed by atoms with E-state index in [1.165, 1.54) is 0 Å². The van der Waals surface area contributed by atoms with Gasteiger partial charge in [0.2, 0.25) is 0 Å². The monoisotopic (exact) mass is 570 g/mol. The second-order valence-electron chi connectivity index (χ2n) is 9.79. The molecule has 0 saturated carbocycles. The van der Waals surface area contributed by atoms with Crippen LogP contribution in [0.2, 0.25) is 18.1 Å². The van der Waals surface area contributed by atoms with Crippen LogP contribution in [0.15, 0.2) is 60.7 Å². The first kappa shape index (κ1) is 27.5. The van der Waals surface area contributed by atoms with Gasteiger partial charge in [-0.15, -0.1) is 0 Å². The van der Waals surface area contributed by atoms with Crippen molar-refractivity contribution in [2.45, 2.75) is 76.8 Å². The maximum atomic E-state index is 10.4. The molecule has 0 fully saturated rings. The van der Waals surface area contributed by atoms with Gasteiger partial charge in [0.1, 0.15) is 6.10 Å². The maximum Gasteiger partial charge on any atom is 0.192 e. The standard InChI is InChI=1S/C26H39IO4Si/c1-26(2,3)32(4,5)31-20-25(30-19-22-14-10-7-11-15-22)24(16-23(28)17-27)29-18-21-12-8-6-9-13-21/h6-15,23-25,28H,16-20H2,1-5H3/t23?,24-,25+/m0/s1. The summed E-state index contributed by atoms with van der Waals surface area (Å²) in [6, 6.07) is 20.3. The van der Waals surface area contributed by atoms with E-state index in [0.717, 1.165) is 11.1 Å². The van der Waals surface area contributed by atoms with Gasteiger partial charge in [0.15, 0.2) is 8.32 Å². The van der Waals surface area contributed by atoms with Crippen molar-refractivity contribution in [3.63, 3.8) is 0 Å². The zero-order valence-corrected chi connectivity index (χ0v) is 23.2. The van der Waals surface area contributed by atoms with Gasteiger partial charge in [-0.3, -0.25) is 0 Å². The Morgan fingerprint density at radius 1 is 0.844 bits per heavy atom. The van der Waals surface area contributed by atoms with Crippen LogP contribution in [0.25, 0.3) is 0 Å². The predicted octanol–water partition coefficient (Wildman–Crippen LogP) is 6.37. The Labute approximate surface area is 208 Å². The molecule has 0 aliphatic rings. The lowest BCUT2D eigenvalue weighted by atomic mass is 10.1. The van der Waals surface area contributed by atoms with Crippen LogP contribution in [0.4, 0.5) is 0 Å². The Kier molecular flexibility index (Phi) is 11.3. The number of hydrogen-bond acceptors (Lipinski definition) is 4. The molecule has 2 aromatic rings. The highest BCUT2D eigenvalue weighted by atomic mass is 127. The molecule has 1 unspecified atom stereocenters. The molecule has 1 N–H and O–H groups in total. The maximum absolute atomic E-state index is 10.4. The van der Waals surface area contributed by atoms with Gasteiger partial charge in [-0.1, -0.05) is 104 Å². The number of aliphatic hydroxyl groups is 1. The Morgan fingerprint density at radius 2 is 1.31 bits per heavy atom. The Bertz CT molecular complexity index is 764. The average Bonchev–Trinajstić information content (AvgIpc) is 2.77. The number of aliphatic hydroxyl groups excluding tert-OH is 1. The molecular formula is C26H39IO4Si. The van der Waals surface area contributed by atoms with Gasteiger partial charge < -0.3 is 19.0 Å². The fraction of sp³-hybridized carbons (Fsp3) is 0.538. The normalized spacial score (nSPS) is 15.3.